The van der Waals surface area contributed by atoms with E-state index < -0.39 is 11.8 Å². The molecule has 7 heteroatoms. The largest absolute Gasteiger partial charge is 0.344 e. The number of pyridine rings is 1. The van der Waals surface area contributed by atoms with E-state index in [-0.39, 0.29) is 12.6 Å². The van der Waals surface area contributed by atoms with Crippen LogP contribution in [0, 0.1) is 0 Å². The fourth-order valence-corrected chi connectivity index (χ4v) is 4.76. The van der Waals surface area contributed by atoms with E-state index in [4.69, 9.17) is 0 Å². The smallest absolute Gasteiger partial charge is 0.309 e. The molecule has 0 radical (unpaired) electrons. The third-order valence-corrected chi connectivity index (χ3v) is 6.47. The topological polar surface area (TPSA) is 75.5 Å². The first-order chi connectivity index (χ1) is 14.7. The molecule has 1 aliphatic heterocycles. The maximum atomic E-state index is 12.4. The molecule has 2 aromatic heterocycles. The number of hydrogen-bond donors (Lipinski definition) is 3. The highest BCUT2D eigenvalue weighted by molar-refractivity contribution is 7.10. The number of hydrogen-bond acceptors (Lipinski definition) is 4. The number of carbonyl (C=O) groups excluding carboxylic acids is 2. The lowest BCUT2D eigenvalue weighted by Crippen LogP contribution is -3.12. The molecule has 2 amide bonds. The summed E-state index contributed by atoms with van der Waals surface area (Å²) in [4.78, 5) is 31.2. The van der Waals surface area contributed by atoms with Crippen molar-refractivity contribution in [2.24, 2.45) is 0 Å². The first-order valence-corrected chi connectivity index (χ1v) is 11.0. The van der Waals surface area contributed by atoms with E-state index >= 15 is 0 Å². The molecule has 3 N–H and O–H groups in total. The van der Waals surface area contributed by atoms with Crippen LogP contribution in [0.25, 0.3) is 0 Å². The summed E-state index contributed by atoms with van der Waals surface area (Å²) < 4.78 is 0. The summed E-state index contributed by atoms with van der Waals surface area (Å²) in [7, 11) is 0. The van der Waals surface area contributed by atoms with Gasteiger partial charge in [0, 0.05) is 30.9 Å². The van der Waals surface area contributed by atoms with Crippen molar-refractivity contribution in [3.05, 3.63) is 87.9 Å². The zero-order valence-corrected chi connectivity index (χ0v) is 17.5. The second-order valence-electron chi connectivity index (χ2n) is 7.43. The van der Waals surface area contributed by atoms with Crippen LogP contribution in [-0.2, 0) is 29.1 Å². The molecule has 3 aromatic rings. The van der Waals surface area contributed by atoms with Crippen LogP contribution < -0.4 is 15.5 Å². The molecule has 0 saturated heterocycles. The maximum absolute atomic E-state index is 12.4. The Labute approximate surface area is 180 Å². The predicted octanol–water partition coefficient (Wildman–Crippen LogP) is 1.26. The van der Waals surface area contributed by atoms with E-state index in [0.29, 0.717) is 6.54 Å². The van der Waals surface area contributed by atoms with Crippen molar-refractivity contribution < 1.29 is 14.5 Å². The number of fused-ring (bicyclic) bond motifs is 1. The molecule has 4 rings (SSSR count). The van der Waals surface area contributed by atoms with E-state index in [0.717, 1.165) is 25.1 Å². The summed E-state index contributed by atoms with van der Waals surface area (Å²) in [5, 5.41) is 7.56. The summed E-state index contributed by atoms with van der Waals surface area (Å²) in [5.74, 6) is -1.22. The SMILES string of the molecule is O=C(NCc1cccnc1)C(=O)NC[C@H](c1cccs1)[NH+]1CCc2ccccc2C1. The molecule has 154 valence electrons. The lowest BCUT2D eigenvalue weighted by Gasteiger charge is -2.32. The van der Waals surface area contributed by atoms with Gasteiger partial charge in [-0.1, -0.05) is 36.4 Å². The summed E-state index contributed by atoms with van der Waals surface area (Å²) in [6.45, 7) is 2.63. The number of quaternary nitrogens is 1. The van der Waals surface area contributed by atoms with E-state index in [9.17, 15) is 9.59 Å². The number of nitrogens with zero attached hydrogens (tertiary/aromatic N) is 1. The highest BCUT2D eigenvalue weighted by atomic mass is 32.1. The van der Waals surface area contributed by atoms with Gasteiger partial charge in [-0.3, -0.25) is 14.6 Å². The molecule has 1 aromatic carbocycles. The Morgan fingerprint density at radius 3 is 2.63 bits per heavy atom. The van der Waals surface area contributed by atoms with Crippen LogP contribution >= 0.6 is 11.3 Å². The van der Waals surface area contributed by atoms with Crippen LogP contribution in [-0.4, -0.2) is 29.9 Å². The van der Waals surface area contributed by atoms with Crippen molar-refractivity contribution in [1.29, 1.82) is 0 Å². The van der Waals surface area contributed by atoms with Crippen molar-refractivity contribution in [3.8, 4) is 0 Å². The van der Waals surface area contributed by atoms with E-state index in [1.165, 1.54) is 20.9 Å². The van der Waals surface area contributed by atoms with Crippen molar-refractivity contribution in [2.75, 3.05) is 13.1 Å². The number of nitrogens with one attached hydrogen (secondary N) is 3. The summed E-state index contributed by atoms with van der Waals surface area (Å²) in [5.41, 5.74) is 3.62. The molecule has 6 nitrogen and oxygen atoms in total. The molecule has 0 aliphatic carbocycles. The Morgan fingerprint density at radius 1 is 1.03 bits per heavy atom. The Morgan fingerprint density at radius 2 is 1.87 bits per heavy atom. The van der Waals surface area contributed by atoms with Crippen LogP contribution in [0.15, 0.2) is 66.3 Å². The van der Waals surface area contributed by atoms with Gasteiger partial charge in [-0.2, -0.15) is 0 Å². The van der Waals surface area contributed by atoms with E-state index in [1.54, 1.807) is 29.8 Å². The van der Waals surface area contributed by atoms with Crippen molar-refractivity contribution in [2.45, 2.75) is 25.6 Å². The summed E-state index contributed by atoms with van der Waals surface area (Å²) in [6.07, 6.45) is 4.36. The summed E-state index contributed by atoms with van der Waals surface area (Å²) in [6, 6.07) is 16.5. The molecule has 0 fully saturated rings. The number of rotatable bonds is 6. The first-order valence-electron chi connectivity index (χ1n) is 10.1. The van der Waals surface area contributed by atoms with Gasteiger partial charge in [0.2, 0.25) is 0 Å². The number of carbonyl (C=O) groups is 2. The van der Waals surface area contributed by atoms with Crippen LogP contribution in [0.5, 0.6) is 0 Å². The zero-order valence-electron chi connectivity index (χ0n) is 16.6. The highest BCUT2D eigenvalue weighted by Crippen LogP contribution is 2.19. The highest BCUT2D eigenvalue weighted by Gasteiger charge is 2.30. The third kappa shape index (κ3) is 4.93. The van der Waals surface area contributed by atoms with Crippen molar-refractivity contribution >= 4 is 23.2 Å². The van der Waals surface area contributed by atoms with E-state index in [2.05, 4.69) is 51.3 Å². The summed E-state index contributed by atoms with van der Waals surface area (Å²) >= 11 is 1.69. The normalized spacial score (nSPS) is 16.3. The quantitative estimate of drug-likeness (QED) is 0.525. The van der Waals surface area contributed by atoms with Gasteiger partial charge in [-0.25, -0.2) is 0 Å². The minimum atomic E-state index is -0.622. The van der Waals surface area contributed by atoms with Gasteiger partial charge < -0.3 is 15.5 Å². The maximum Gasteiger partial charge on any atom is 0.309 e. The van der Waals surface area contributed by atoms with Gasteiger partial charge in [-0.05, 0) is 28.6 Å². The van der Waals surface area contributed by atoms with Crippen LogP contribution in [0.2, 0.25) is 0 Å². The Balaban J connectivity index is 1.37. The third-order valence-electron chi connectivity index (χ3n) is 5.48. The van der Waals surface area contributed by atoms with Crippen LogP contribution in [0.3, 0.4) is 0 Å². The number of amides is 2. The van der Waals surface area contributed by atoms with Gasteiger partial charge >= 0.3 is 11.8 Å². The minimum Gasteiger partial charge on any atom is -0.344 e. The molecule has 0 saturated carbocycles. The van der Waals surface area contributed by atoms with E-state index in [1.807, 2.05) is 12.1 Å². The first kappa shape index (κ1) is 20.3. The Kier molecular flexibility index (Phi) is 6.51. The average molecular weight is 422 g/mol. The molecule has 0 bridgehead atoms. The van der Waals surface area contributed by atoms with Gasteiger partial charge in [0.25, 0.3) is 0 Å². The lowest BCUT2D eigenvalue weighted by molar-refractivity contribution is -0.945. The number of benzene rings is 1. The van der Waals surface area contributed by atoms with Crippen LogP contribution in [0.1, 0.15) is 27.6 Å². The van der Waals surface area contributed by atoms with Crippen LogP contribution in [0.4, 0.5) is 0 Å². The Bertz CT molecular complexity index is 991. The minimum absolute atomic E-state index is 0.119. The molecule has 1 aliphatic rings. The van der Waals surface area contributed by atoms with Crippen molar-refractivity contribution in [1.82, 2.24) is 15.6 Å². The molecule has 0 spiro atoms. The molecule has 30 heavy (non-hydrogen) atoms. The molecule has 1 unspecified atom stereocenters. The number of thiophene rings is 1. The molecular weight excluding hydrogens is 396 g/mol. The fraction of sp³-hybridized carbons (Fsp3) is 0.261. The van der Waals surface area contributed by atoms with Gasteiger partial charge in [0.1, 0.15) is 12.6 Å². The van der Waals surface area contributed by atoms with Gasteiger partial charge in [-0.15, -0.1) is 11.3 Å². The number of aromatic nitrogens is 1. The van der Waals surface area contributed by atoms with Crippen molar-refractivity contribution in [3.63, 3.8) is 0 Å². The van der Waals surface area contributed by atoms with Gasteiger partial charge in [0.15, 0.2) is 0 Å². The predicted molar refractivity (Wildman–Crippen MR) is 116 cm³/mol. The Hall–Kier alpha value is -3.03. The monoisotopic (exact) mass is 421 g/mol. The second-order valence-corrected chi connectivity index (χ2v) is 8.40. The molecule has 2 atom stereocenters. The molecule has 3 heterocycles. The average Bonchev–Trinajstić information content (AvgIpc) is 3.32. The van der Waals surface area contributed by atoms with Gasteiger partial charge in [0.05, 0.1) is 18.0 Å². The lowest BCUT2D eigenvalue weighted by atomic mass is 9.98. The molecular formula is C23H25N4O2S+. The fourth-order valence-electron chi connectivity index (χ4n) is 3.88. The second kappa shape index (κ2) is 9.65. The standard InChI is InChI=1S/C23H24N4O2S/c28-22(25-14-17-5-3-10-24-13-17)23(29)26-15-20(21-8-4-12-30-21)27-11-9-18-6-1-2-7-19(18)16-27/h1-8,10,12-13,20H,9,11,14-16H2,(H,25,28)(H,26,29)/p+1/t20-/m1/s1. The zero-order chi connectivity index (χ0) is 20.8.